The van der Waals surface area contributed by atoms with Crippen LogP contribution in [0, 0.1) is 0 Å². The molecule has 130 valence electrons. The van der Waals surface area contributed by atoms with Gasteiger partial charge in [0.25, 0.3) is 0 Å². The highest BCUT2D eigenvalue weighted by Crippen LogP contribution is 2.25. The number of nitrogens with one attached hydrogen (secondary N) is 2. The molecule has 25 heavy (non-hydrogen) atoms. The minimum atomic E-state index is -0.273. The second kappa shape index (κ2) is 8.54. The van der Waals surface area contributed by atoms with E-state index in [1.54, 1.807) is 56.7 Å². The molecule has 0 aliphatic carbocycles. The Morgan fingerprint density at radius 2 is 1.56 bits per heavy atom. The third-order valence-corrected chi connectivity index (χ3v) is 3.33. The van der Waals surface area contributed by atoms with Gasteiger partial charge in [-0.1, -0.05) is 0 Å². The highest BCUT2D eigenvalue weighted by molar-refractivity contribution is 6.02. The molecule has 0 aliphatic heterocycles. The molecular formula is C19H20N2O4. The molecule has 0 fully saturated rings. The zero-order valence-electron chi connectivity index (χ0n) is 14.3. The Kier molecular flexibility index (Phi) is 6.17. The Hall–Kier alpha value is -3.28. The van der Waals surface area contributed by atoms with Crippen LogP contribution >= 0.6 is 0 Å². The van der Waals surface area contributed by atoms with Crippen LogP contribution in [0.5, 0.6) is 11.5 Å². The number of amides is 2. The number of carbonyl (C=O) groups is 2. The average Bonchev–Trinajstić information content (AvgIpc) is 2.61. The standard InChI is InChI=1S/C19H20N2O4/c1-13(22)20-15-6-8-16(9-7-15)21-19(23)11-5-14-4-10-17(24-2)12-18(14)25-3/h4-12H,1-3H3,(H,20,22)(H,21,23)/b11-5+. The van der Waals surface area contributed by atoms with Crippen molar-refractivity contribution in [2.75, 3.05) is 24.9 Å². The van der Waals surface area contributed by atoms with Crippen LogP contribution in [-0.2, 0) is 9.59 Å². The summed E-state index contributed by atoms with van der Waals surface area (Å²) in [6.07, 6.45) is 3.09. The maximum absolute atomic E-state index is 12.0. The molecule has 2 aromatic rings. The summed E-state index contributed by atoms with van der Waals surface area (Å²) in [5.41, 5.74) is 2.06. The van der Waals surface area contributed by atoms with Gasteiger partial charge in [-0.2, -0.15) is 0 Å². The van der Waals surface area contributed by atoms with Gasteiger partial charge in [0.05, 0.1) is 14.2 Å². The minimum Gasteiger partial charge on any atom is -0.497 e. The van der Waals surface area contributed by atoms with Crippen molar-refractivity contribution >= 4 is 29.3 Å². The lowest BCUT2D eigenvalue weighted by atomic mass is 10.1. The third-order valence-electron chi connectivity index (χ3n) is 3.33. The van der Waals surface area contributed by atoms with Gasteiger partial charge < -0.3 is 20.1 Å². The number of carbonyl (C=O) groups excluding carboxylic acids is 2. The first-order valence-corrected chi connectivity index (χ1v) is 7.60. The summed E-state index contributed by atoms with van der Waals surface area (Å²) in [4.78, 5) is 23.0. The third kappa shape index (κ3) is 5.39. The highest BCUT2D eigenvalue weighted by Gasteiger charge is 2.04. The summed E-state index contributed by atoms with van der Waals surface area (Å²) in [7, 11) is 3.14. The van der Waals surface area contributed by atoms with Crippen molar-refractivity contribution in [1.29, 1.82) is 0 Å². The first-order valence-electron chi connectivity index (χ1n) is 7.60. The highest BCUT2D eigenvalue weighted by atomic mass is 16.5. The zero-order chi connectivity index (χ0) is 18.2. The molecule has 0 aliphatic rings. The quantitative estimate of drug-likeness (QED) is 0.791. The Labute approximate surface area is 146 Å². The molecule has 2 amide bonds. The van der Waals surface area contributed by atoms with Crippen LogP contribution in [-0.4, -0.2) is 26.0 Å². The molecule has 0 heterocycles. The van der Waals surface area contributed by atoms with Gasteiger partial charge in [0.1, 0.15) is 11.5 Å². The van der Waals surface area contributed by atoms with Gasteiger partial charge in [0, 0.05) is 36.0 Å². The molecule has 6 heteroatoms. The molecule has 2 aromatic carbocycles. The number of hydrogen-bond donors (Lipinski definition) is 2. The van der Waals surface area contributed by atoms with Crippen molar-refractivity contribution in [2.45, 2.75) is 6.92 Å². The number of benzene rings is 2. The number of anilines is 2. The molecule has 0 radical (unpaired) electrons. The lowest BCUT2D eigenvalue weighted by molar-refractivity contribution is -0.114. The maximum atomic E-state index is 12.0. The lowest BCUT2D eigenvalue weighted by Crippen LogP contribution is -2.08. The molecule has 0 aromatic heterocycles. The molecule has 6 nitrogen and oxygen atoms in total. The fraction of sp³-hybridized carbons (Fsp3) is 0.158. The first-order chi connectivity index (χ1) is 12.0. The molecule has 2 rings (SSSR count). The summed E-state index contributed by atoms with van der Waals surface area (Å²) >= 11 is 0. The summed E-state index contributed by atoms with van der Waals surface area (Å²) in [5, 5.41) is 5.41. The van der Waals surface area contributed by atoms with E-state index >= 15 is 0 Å². The van der Waals surface area contributed by atoms with Crippen LogP contribution in [0.2, 0.25) is 0 Å². The predicted octanol–water partition coefficient (Wildman–Crippen LogP) is 3.31. The summed E-state index contributed by atoms with van der Waals surface area (Å²) in [5.74, 6) is 0.874. The fourth-order valence-corrected chi connectivity index (χ4v) is 2.15. The van der Waals surface area contributed by atoms with Crippen LogP contribution in [0.25, 0.3) is 6.08 Å². The van der Waals surface area contributed by atoms with E-state index in [2.05, 4.69) is 10.6 Å². The molecule has 0 saturated carbocycles. The second-order valence-corrected chi connectivity index (χ2v) is 5.19. The van der Waals surface area contributed by atoms with E-state index in [-0.39, 0.29) is 11.8 Å². The minimum absolute atomic E-state index is 0.145. The van der Waals surface area contributed by atoms with E-state index in [0.717, 1.165) is 5.56 Å². The normalized spacial score (nSPS) is 10.4. The molecule has 2 N–H and O–H groups in total. The van der Waals surface area contributed by atoms with E-state index in [4.69, 9.17) is 9.47 Å². The second-order valence-electron chi connectivity index (χ2n) is 5.19. The van der Waals surface area contributed by atoms with Gasteiger partial charge in [-0.15, -0.1) is 0 Å². The van der Waals surface area contributed by atoms with Gasteiger partial charge in [0.15, 0.2) is 0 Å². The topological polar surface area (TPSA) is 76.7 Å². The van der Waals surface area contributed by atoms with Crippen LogP contribution in [0.3, 0.4) is 0 Å². The van der Waals surface area contributed by atoms with Gasteiger partial charge in [-0.05, 0) is 42.5 Å². The van der Waals surface area contributed by atoms with Crippen molar-refractivity contribution in [2.24, 2.45) is 0 Å². The lowest BCUT2D eigenvalue weighted by Gasteiger charge is -2.07. The largest absolute Gasteiger partial charge is 0.497 e. The molecule has 0 unspecified atom stereocenters. The number of hydrogen-bond acceptors (Lipinski definition) is 4. The van der Waals surface area contributed by atoms with Crippen molar-refractivity contribution in [1.82, 2.24) is 0 Å². The van der Waals surface area contributed by atoms with E-state index in [9.17, 15) is 9.59 Å². The summed E-state index contributed by atoms with van der Waals surface area (Å²) in [6, 6.07) is 12.2. The van der Waals surface area contributed by atoms with Crippen molar-refractivity contribution in [3.8, 4) is 11.5 Å². The molecule has 0 bridgehead atoms. The molecular weight excluding hydrogens is 320 g/mol. The van der Waals surface area contributed by atoms with E-state index < -0.39 is 0 Å². The van der Waals surface area contributed by atoms with Gasteiger partial charge in [0.2, 0.25) is 11.8 Å². The number of rotatable bonds is 6. The zero-order valence-corrected chi connectivity index (χ0v) is 14.3. The van der Waals surface area contributed by atoms with Gasteiger partial charge >= 0.3 is 0 Å². The average molecular weight is 340 g/mol. The Balaban J connectivity index is 2.02. The summed E-state index contributed by atoms with van der Waals surface area (Å²) in [6.45, 7) is 1.44. The fourth-order valence-electron chi connectivity index (χ4n) is 2.15. The van der Waals surface area contributed by atoms with Crippen molar-refractivity contribution in [3.63, 3.8) is 0 Å². The van der Waals surface area contributed by atoms with Crippen LogP contribution in [0.4, 0.5) is 11.4 Å². The van der Waals surface area contributed by atoms with Crippen LogP contribution < -0.4 is 20.1 Å². The van der Waals surface area contributed by atoms with E-state index in [0.29, 0.717) is 22.9 Å². The first kappa shape index (κ1) is 18.1. The smallest absolute Gasteiger partial charge is 0.248 e. The SMILES string of the molecule is COc1ccc(/C=C/C(=O)Nc2ccc(NC(C)=O)cc2)c(OC)c1. The van der Waals surface area contributed by atoms with E-state index in [1.807, 2.05) is 6.07 Å². The van der Waals surface area contributed by atoms with Gasteiger partial charge in [-0.25, -0.2) is 0 Å². The Morgan fingerprint density at radius 3 is 2.12 bits per heavy atom. The molecule has 0 spiro atoms. The Bertz CT molecular complexity index is 783. The van der Waals surface area contributed by atoms with Crippen molar-refractivity contribution in [3.05, 3.63) is 54.1 Å². The van der Waals surface area contributed by atoms with E-state index in [1.165, 1.54) is 13.0 Å². The summed E-state index contributed by atoms with van der Waals surface area (Å²) < 4.78 is 10.4. The van der Waals surface area contributed by atoms with Crippen LogP contribution in [0.1, 0.15) is 12.5 Å². The van der Waals surface area contributed by atoms with Crippen LogP contribution in [0.15, 0.2) is 48.5 Å². The van der Waals surface area contributed by atoms with Crippen molar-refractivity contribution < 1.29 is 19.1 Å². The monoisotopic (exact) mass is 340 g/mol. The predicted molar refractivity (Wildman–Crippen MR) is 98.0 cm³/mol. The number of methoxy groups -OCH3 is 2. The number of ether oxygens (including phenoxy) is 2. The Morgan fingerprint density at radius 1 is 0.920 bits per heavy atom. The molecule has 0 atom stereocenters. The maximum Gasteiger partial charge on any atom is 0.248 e. The van der Waals surface area contributed by atoms with Gasteiger partial charge in [-0.3, -0.25) is 9.59 Å². The molecule has 0 saturated heterocycles.